The molecule has 0 radical (unpaired) electrons. The van der Waals surface area contributed by atoms with Gasteiger partial charge in [-0.25, -0.2) is 9.50 Å². The van der Waals surface area contributed by atoms with Crippen molar-refractivity contribution in [2.24, 2.45) is 0 Å². The van der Waals surface area contributed by atoms with Gasteiger partial charge in [0.1, 0.15) is 11.6 Å². The first-order chi connectivity index (χ1) is 13.8. The van der Waals surface area contributed by atoms with Gasteiger partial charge >= 0.3 is 0 Å². The summed E-state index contributed by atoms with van der Waals surface area (Å²) in [4.78, 5) is 4.45. The lowest BCUT2D eigenvalue weighted by Crippen LogP contribution is -2.04. The highest BCUT2D eigenvalue weighted by Gasteiger charge is 2.13. The van der Waals surface area contributed by atoms with E-state index in [1.807, 2.05) is 65.3 Å². The third kappa shape index (κ3) is 2.96. The molecular formula is C21H18N4O3. The SMILES string of the molecule is COc1cccc(-c2cnc3ccc(NCc4ccc5c(c4)OCO5)nn23)c1. The average Bonchev–Trinajstić information content (AvgIpc) is 3.38. The Balaban J connectivity index is 1.41. The molecule has 5 rings (SSSR count). The van der Waals surface area contributed by atoms with Crippen LogP contribution < -0.4 is 19.5 Å². The Morgan fingerprint density at radius 1 is 1.07 bits per heavy atom. The molecule has 7 heteroatoms. The first-order valence-corrected chi connectivity index (χ1v) is 8.92. The zero-order valence-corrected chi connectivity index (χ0v) is 15.3. The van der Waals surface area contributed by atoms with E-state index in [0.29, 0.717) is 6.54 Å². The number of benzene rings is 2. The van der Waals surface area contributed by atoms with Crippen LogP contribution in [0.1, 0.15) is 5.56 Å². The van der Waals surface area contributed by atoms with Crippen LogP contribution in [0.15, 0.2) is 60.8 Å². The van der Waals surface area contributed by atoms with Gasteiger partial charge < -0.3 is 19.5 Å². The summed E-state index contributed by atoms with van der Waals surface area (Å²) in [5, 5.41) is 8.06. The van der Waals surface area contributed by atoms with E-state index in [0.717, 1.165) is 45.5 Å². The van der Waals surface area contributed by atoms with Gasteiger partial charge in [-0.15, -0.1) is 5.10 Å². The van der Waals surface area contributed by atoms with Crippen molar-refractivity contribution in [2.45, 2.75) is 6.54 Å². The quantitative estimate of drug-likeness (QED) is 0.574. The Morgan fingerprint density at radius 2 is 2.00 bits per heavy atom. The molecular weight excluding hydrogens is 356 g/mol. The molecule has 1 N–H and O–H groups in total. The fraction of sp³-hybridized carbons (Fsp3) is 0.143. The van der Waals surface area contributed by atoms with Gasteiger partial charge in [0.05, 0.1) is 19.0 Å². The monoisotopic (exact) mass is 374 g/mol. The maximum absolute atomic E-state index is 5.43. The molecule has 0 bridgehead atoms. The van der Waals surface area contributed by atoms with Crippen molar-refractivity contribution < 1.29 is 14.2 Å². The molecule has 0 fully saturated rings. The Kier molecular flexibility index (Phi) is 3.97. The van der Waals surface area contributed by atoms with E-state index in [2.05, 4.69) is 10.3 Å². The molecule has 0 saturated heterocycles. The fourth-order valence-electron chi connectivity index (χ4n) is 3.19. The molecule has 3 heterocycles. The van der Waals surface area contributed by atoms with E-state index in [1.165, 1.54) is 0 Å². The summed E-state index contributed by atoms with van der Waals surface area (Å²) in [5.74, 6) is 3.11. The first kappa shape index (κ1) is 16.4. The molecule has 7 nitrogen and oxygen atoms in total. The van der Waals surface area contributed by atoms with Crippen molar-refractivity contribution in [3.05, 3.63) is 66.4 Å². The van der Waals surface area contributed by atoms with Gasteiger partial charge in [-0.2, -0.15) is 0 Å². The van der Waals surface area contributed by atoms with Crippen molar-refractivity contribution in [3.63, 3.8) is 0 Å². The van der Waals surface area contributed by atoms with E-state index in [4.69, 9.17) is 19.3 Å². The van der Waals surface area contributed by atoms with Crippen LogP contribution in [-0.2, 0) is 6.54 Å². The number of anilines is 1. The molecule has 1 aliphatic rings. The van der Waals surface area contributed by atoms with Crippen molar-refractivity contribution in [2.75, 3.05) is 19.2 Å². The molecule has 0 atom stereocenters. The van der Waals surface area contributed by atoms with Gasteiger partial charge in [0, 0.05) is 12.1 Å². The van der Waals surface area contributed by atoms with Crippen LogP contribution in [-0.4, -0.2) is 28.5 Å². The van der Waals surface area contributed by atoms with Gasteiger partial charge in [-0.1, -0.05) is 18.2 Å². The van der Waals surface area contributed by atoms with Gasteiger partial charge in [0.25, 0.3) is 0 Å². The lowest BCUT2D eigenvalue weighted by Gasteiger charge is -2.08. The van der Waals surface area contributed by atoms with Gasteiger partial charge in [0.2, 0.25) is 6.79 Å². The van der Waals surface area contributed by atoms with Crippen molar-refractivity contribution in [1.29, 1.82) is 0 Å². The number of rotatable bonds is 5. The largest absolute Gasteiger partial charge is 0.497 e. The summed E-state index contributed by atoms with van der Waals surface area (Å²) < 4.78 is 17.9. The number of hydrogen-bond acceptors (Lipinski definition) is 6. The maximum Gasteiger partial charge on any atom is 0.231 e. The summed E-state index contributed by atoms with van der Waals surface area (Å²) in [6, 6.07) is 17.6. The molecule has 0 amide bonds. The number of imidazole rings is 1. The normalized spacial score (nSPS) is 12.3. The van der Waals surface area contributed by atoms with Crippen LogP contribution in [0, 0.1) is 0 Å². The van der Waals surface area contributed by atoms with Gasteiger partial charge in [-0.3, -0.25) is 0 Å². The number of aromatic nitrogens is 3. The molecule has 28 heavy (non-hydrogen) atoms. The van der Waals surface area contributed by atoms with E-state index < -0.39 is 0 Å². The predicted molar refractivity (Wildman–Crippen MR) is 105 cm³/mol. The number of hydrogen-bond donors (Lipinski definition) is 1. The minimum atomic E-state index is 0.276. The van der Waals surface area contributed by atoms with Crippen LogP contribution in [0.4, 0.5) is 5.82 Å². The third-order valence-electron chi connectivity index (χ3n) is 4.64. The van der Waals surface area contributed by atoms with Crippen molar-refractivity contribution in [1.82, 2.24) is 14.6 Å². The number of nitrogens with zero attached hydrogens (tertiary/aromatic N) is 3. The molecule has 0 spiro atoms. The van der Waals surface area contributed by atoms with E-state index in [9.17, 15) is 0 Å². The lowest BCUT2D eigenvalue weighted by molar-refractivity contribution is 0.174. The Morgan fingerprint density at radius 3 is 2.93 bits per heavy atom. The summed E-state index contributed by atoms with van der Waals surface area (Å²) in [6.07, 6.45) is 1.82. The van der Waals surface area contributed by atoms with Crippen LogP contribution >= 0.6 is 0 Å². The summed E-state index contributed by atoms with van der Waals surface area (Å²) in [6.45, 7) is 0.899. The smallest absolute Gasteiger partial charge is 0.231 e. The summed E-state index contributed by atoms with van der Waals surface area (Å²) >= 11 is 0. The van der Waals surface area contributed by atoms with Gasteiger partial charge in [0.15, 0.2) is 17.1 Å². The number of nitrogens with one attached hydrogen (secondary N) is 1. The molecule has 4 aromatic rings. The Bertz CT molecular complexity index is 1160. The minimum Gasteiger partial charge on any atom is -0.497 e. The second kappa shape index (κ2) is 6.77. The predicted octanol–water partition coefficient (Wildman–Crippen LogP) is 3.75. The Labute approximate surface area is 161 Å². The highest BCUT2D eigenvalue weighted by molar-refractivity contribution is 5.65. The topological polar surface area (TPSA) is 69.9 Å². The van der Waals surface area contributed by atoms with Crippen LogP contribution in [0.2, 0.25) is 0 Å². The summed E-state index contributed by atoms with van der Waals surface area (Å²) in [7, 11) is 1.66. The third-order valence-corrected chi connectivity index (χ3v) is 4.64. The standard InChI is InChI=1S/C21H18N4O3/c1-26-16-4-2-3-15(10-16)17-12-23-21-8-7-20(24-25(17)21)22-11-14-5-6-18-19(9-14)28-13-27-18/h2-10,12H,11,13H2,1H3,(H,22,24). The molecule has 0 unspecified atom stereocenters. The zero-order chi connectivity index (χ0) is 18.9. The Hall–Kier alpha value is -3.74. The number of ether oxygens (including phenoxy) is 3. The zero-order valence-electron chi connectivity index (χ0n) is 15.3. The van der Waals surface area contributed by atoms with E-state index in [1.54, 1.807) is 7.11 Å². The van der Waals surface area contributed by atoms with Crippen LogP contribution in [0.3, 0.4) is 0 Å². The molecule has 140 valence electrons. The molecule has 0 aliphatic carbocycles. The van der Waals surface area contributed by atoms with Crippen molar-refractivity contribution >= 4 is 11.5 Å². The highest BCUT2D eigenvalue weighted by atomic mass is 16.7. The maximum atomic E-state index is 5.43. The number of fused-ring (bicyclic) bond motifs is 2. The number of methoxy groups -OCH3 is 1. The molecule has 2 aromatic carbocycles. The molecule has 2 aromatic heterocycles. The van der Waals surface area contributed by atoms with Crippen LogP contribution in [0.5, 0.6) is 17.2 Å². The van der Waals surface area contributed by atoms with Gasteiger partial charge in [-0.05, 0) is 42.0 Å². The molecule has 0 saturated carbocycles. The minimum absolute atomic E-state index is 0.276. The highest BCUT2D eigenvalue weighted by Crippen LogP contribution is 2.32. The van der Waals surface area contributed by atoms with Crippen molar-refractivity contribution in [3.8, 4) is 28.5 Å². The second-order valence-corrected chi connectivity index (χ2v) is 6.41. The lowest BCUT2D eigenvalue weighted by atomic mass is 10.1. The fourth-order valence-corrected chi connectivity index (χ4v) is 3.19. The molecule has 1 aliphatic heterocycles. The second-order valence-electron chi connectivity index (χ2n) is 6.41. The van der Waals surface area contributed by atoms with E-state index in [-0.39, 0.29) is 6.79 Å². The average molecular weight is 374 g/mol. The first-order valence-electron chi connectivity index (χ1n) is 8.92. The van der Waals surface area contributed by atoms with Crippen LogP contribution in [0.25, 0.3) is 16.9 Å². The summed E-state index contributed by atoms with van der Waals surface area (Å²) in [5.41, 5.74) is 3.77. The van der Waals surface area contributed by atoms with E-state index >= 15 is 0 Å².